The molecule has 1 amide bonds. The summed E-state index contributed by atoms with van der Waals surface area (Å²) in [5.41, 5.74) is 4.56. The van der Waals surface area contributed by atoms with Crippen molar-refractivity contribution in [2.45, 2.75) is 30.6 Å². The van der Waals surface area contributed by atoms with E-state index in [1.54, 1.807) is 6.26 Å². The van der Waals surface area contributed by atoms with Gasteiger partial charge in [0.2, 0.25) is 0 Å². The van der Waals surface area contributed by atoms with E-state index in [4.69, 9.17) is 0 Å². The fraction of sp³-hybridized carbons (Fsp3) is 0.350. The van der Waals surface area contributed by atoms with Crippen LogP contribution in [-0.4, -0.2) is 27.8 Å². The second-order valence-corrected chi connectivity index (χ2v) is 8.45. The van der Waals surface area contributed by atoms with E-state index in [0.717, 1.165) is 12.1 Å². The summed E-state index contributed by atoms with van der Waals surface area (Å²) in [5.74, 6) is 0.577. The van der Waals surface area contributed by atoms with Crippen molar-refractivity contribution in [3.05, 3.63) is 70.8 Å². The van der Waals surface area contributed by atoms with Gasteiger partial charge < -0.3 is 4.90 Å². The molecule has 1 saturated carbocycles. The van der Waals surface area contributed by atoms with Gasteiger partial charge in [-0.25, -0.2) is 0 Å². The van der Waals surface area contributed by atoms with Crippen molar-refractivity contribution < 1.29 is 9.00 Å². The minimum atomic E-state index is -0.900. The quantitative estimate of drug-likeness (QED) is 0.861. The lowest BCUT2D eigenvalue weighted by Gasteiger charge is -2.35. The van der Waals surface area contributed by atoms with Gasteiger partial charge in [-0.15, -0.1) is 0 Å². The van der Waals surface area contributed by atoms with E-state index < -0.39 is 10.8 Å². The molecule has 24 heavy (non-hydrogen) atoms. The Bertz CT molecular complexity index is 826. The predicted octanol–water partition coefficient (Wildman–Crippen LogP) is 3.25. The van der Waals surface area contributed by atoms with Crippen molar-refractivity contribution in [3.8, 4) is 0 Å². The van der Waals surface area contributed by atoms with Crippen LogP contribution >= 0.6 is 0 Å². The average Bonchev–Trinajstić information content (AvgIpc) is 3.34. The molecule has 0 N–H and O–H groups in total. The number of carbonyl (C=O) groups is 1. The van der Waals surface area contributed by atoms with Gasteiger partial charge in [0.05, 0.1) is 0 Å². The molecule has 1 aliphatic heterocycles. The molecule has 1 aliphatic carbocycles. The Hall–Kier alpha value is -1.94. The molecule has 4 heteroatoms. The summed E-state index contributed by atoms with van der Waals surface area (Å²) in [6.45, 7) is 1.49. The maximum atomic E-state index is 13.0. The smallest absolute Gasteiger partial charge is 0.254 e. The minimum absolute atomic E-state index is 0.0829. The van der Waals surface area contributed by atoms with Gasteiger partial charge in [-0.2, -0.15) is 0 Å². The van der Waals surface area contributed by atoms with Gasteiger partial charge in [0, 0.05) is 46.9 Å². The first-order chi connectivity index (χ1) is 11.6. The molecular weight excluding hydrogens is 318 g/mol. The summed E-state index contributed by atoms with van der Waals surface area (Å²) in [5, 5.41) is 0. The van der Waals surface area contributed by atoms with Crippen LogP contribution < -0.4 is 0 Å². The van der Waals surface area contributed by atoms with Crippen LogP contribution in [0.4, 0.5) is 0 Å². The van der Waals surface area contributed by atoms with Crippen LogP contribution in [0.15, 0.2) is 48.5 Å². The molecule has 2 aromatic rings. The predicted molar refractivity (Wildman–Crippen MR) is 96.3 cm³/mol. The lowest BCUT2D eigenvalue weighted by Crippen LogP contribution is -2.41. The van der Waals surface area contributed by atoms with Gasteiger partial charge >= 0.3 is 0 Å². The van der Waals surface area contributed by atoms with E-state index in [1.165, 1.54) is 24.0 Å². The average molecular weight is 339 g/mol. The summed E-state index contributed by atoms with van der Waals surface area (Å²) in [6, 6.07) is 16.1. The van der Waals surface area contributed by atoms with E-state index in [0.29, 0.717) is 17.9 Å². The first-order valence-electron chi connectivity index (χ1n) is 8.34. The number of carbonyl (C=O) groups excluding carboxylic acids is 1. The number of fused-ring (bicyclic) bond motifs is 2. The molecule has 1 atom stereocenters. The number of rotatable bonds is 3. The molecular formula is C20H21NO2S. The molecule has 0 aromatic heterocycles. The summed E-state index contributed by atoms with van der Waals surface area (Å²) in [7, 11) is -0.900. The lowest BCUT2D eigenvalue weighted by molar-refractivity contribution is 0.0709. The zero-order valence-electron chi connectivity index (χ0n) is 13.8. The van der Waals surface area contributed by atoms with Crippen LogP contribution in [0.3, 0.4) is 0 Å². The molecule has 124 valence electrons. The maximum Gasteiger partial charge on any atom is 0.254 e. The van der Waals surface area contributed by atoms with E-state index in [-0.39, 0.29) is 11.3 Å². The Morgan fingerprint density at radius 3 is 2.71 bits per heavy atom. The Balaban J connectivity index is 1.61. The van der Waals surface area contributed by atoms with Gasteiger partial charge in [-0.3, -0.25) is 9.00 Å². The highest BCUT2D eigenvalue weighted by Gasteiger charge is 2.49. The molecule has 0 bridgehead atoms. The third-order valence-electron chi connectivity index (χ3n) is 5.13. The highest BCUT2D eigenvalue weighted by atomic mass is 32.2. The van der Waals surface area contributed by atoms with Gasteiger partial charge in [0.1, 0.15) is 0 Å². The topological polar surface area (TPSA) is 37.4 Å². The molecule has 4 rings (SSSR count). The van der Waals surface area contributed by atoms with Crippen LogP contribution in [0.2, 0.25) is 0 Å². The summed E-state index contributed by atoms with van der Waals surface area (Å²) in [6.07, 6.45) is 4.03. The Labute approximate surface area is 145 Å². The molecule has 2 aliphatic rings. The maximum absolute atomic E-state index is 13.0. The third-order valence-corrected chi connectivity index (χ3v) is 5.87. The normalized spacial score (nSPS) is 19.0. The van der Waals surface area contributed by atoms with Crippen molar-refractivity contribution >= 4 is 16.7 Å². The van der Waals surface area contributed by atoms with Crippen molar-refractivity contribution in [3.63, 3.8) is 0 Å². The molecule has 2 aromatic carbocycles. The summed E-state index contributed by atoms with van der Waals surface area (Å²) < 4.78 is 11.4. The van der Waals surface area contributed by atoms with E-state index in [9.17, 15) is 9.00 Å². The zero-order chi connectivity index (χ0) is 16.7. The number of hydrogen-bond acceptors (Lipinski definition) is 2. The minimum Gasteiger partial charge on any atom is -0.333 e. The van der Waals surface area contributed by atoms with E-state index in [1.807, 2.05) is 29.2 Å². The van der Waals surface area contributed by atoms with Crippen molar-refractivity contribution in [1.82, 2.24) is 4.90 Å². The van der Waals surface area contributed by atoms with Gasteiger partial charge in [0.15, 0.2) is 0 Å². The Kier molecular flexibility index (Phi) is 3.80. The van der Waals surface area contributed by atoms with Crippen LogP contribution in [-0.2, 0) is 28.5 Å². The van der Waals surface area contributed by atoms with Crippen LogP contribution in [0.25, 0.3) is 0 Å². The van der Waals surface area contributed by atoms with Gasteiger partial charge in [-0.05, 0) is 41.7 Å². The Morgan fingerprint density at radius 2 is 1.96 bits per heavy atom. The molecule has 0 radical (unpaired) electrons. The van der Waals surface area contributed by atoms with Crippen molar-refractivity contribution in [2.24, 2.45) is 0 Å². The summed E-state index contributed by atoms with van der Waals surface area (Å²) >= 11 is 0. The third kappa shape index (κ3) is 2.80. The highest BCUT2D eigenvalue weighted by Crippen LogP contribution is 2.52. The first-order valence-corrected chi connectivity index (χ1v) is 10.1. The molecule has 1 spiro atoms. The van der Waals surface area contributed by atoms with Crippen LogP contribution in [0.5, 0.6) is 0 Å². The molecule has 0 saturated heterocycles. The molecule has 1 unspecified atom stereocenters. The molecule has 3 nitrogen and oxygen atoms in total. The highest BCUT2D eigenvalue weighted by molar-refractivity contribution is 7.83. The zero-order valence-corrected chi connectivity index (χ0v) is 14.6. The fourth-order valence-corrected chi connectivity index (χ4v) is 4.47. The van der Waals surface area contributed by atoms with Crippen molar-refractivity contribution in [2.75, 3.05) is 12.8 Å². The second kappa shape index (κ2) is 5.85. The number of nitrogens with zero attached hydrogens (tertiary/aromatic N) is 1. The monoisotopic (exact) mass is 339 g/mol. The van der Waals surface area contributed by atoms with E-state index >= 15 is 0 Å². The fourth-order valence-electron chi connectivity index (χ4n) is 3.82. The molecule has 1 fully saturated rings. The van der Waals surface area contributed by atoms with Crippen molar-refractivity contribution in [1.29, 1.82) is 0 Å². The number of benzene rings is 2. The SMILES string of the molecule is CS(=O)Cc1cccc(C(=O)N2Cc3ccccc3C3(CC3)C2)c1. The van der Waals surface area contributed by atoms with E-state index in [2.05, 4.69) is 24.3 Å². The largest absolute Gasteiger partial charge is 0.333 e. The second-order valence-electron chi connectivity index (χ2n) is 7.02. The van der Waals surface area contributed by atoms with Crippen LogP contribution in [0, 0.1) is 0 Å². The standard InChI is InChI=1S/C20H21NO2S/c1-24(23)13-15-5-4-7-16(11-15)19(22)21-12-17-6-2-3-8-18(17)20(14-21)9-10-20/h2-8,11H,9-10,12-14H2,1H3. The summed E-state index contributed by atoms with van der Waals surface area (Å²) in [4.78, 5) is 15.0. The number of amides is 1. The van der Waals surface area contributed by atoms with Crippen LogP contribution in [0.1, 0.15) is 39.9 Å². The Morgan fingerprint density at radius 1 is 1.17 bits per heavy atom. The van der Waals surface area contributed by atoms with Gasteiger partial charge in [0.25, 0.3) is 5.91 Å². The molecule has 1 heterocycles. The first kappa shape index (κ1) is 15.6. The van der Waals surface area contributed by atoms with Gasteiger partial charge in [-0.1, -0.05) is 36.4 Å². The lowest BCUT2D eigenvalue weighted by atomic mass is 9.87. The number of hydrogen-bond donors (Lipinski definition) is 0.